The fourth-order valence-corrected chi connectivity index (χ4v) is 1.27. The Morgan fingerprint density at radius 1 is 1.25 bits per heavy atom. The Morgan fingerprint density at radius 3 is 2.17 bits per heavy atom. The molecule has 1 aromatic rings. The summed E-state index contributed by atoms with van der Waals surface area (Å²) < 4.78 is 38.1. The molecule has 0 fully saturated rings. The van der Waals surface area contributed by atoms with E-state index in [0.717, 1.165) is 24.3 Å². The van der Waals surface area contributed by atoms with Crippen LogP contribution in [0.5, 0.6) is 0 Å². The SMILES string of the molecule is [CH2]OS(=O)(=O)c1ccc(F)cc1. The lowest BCUT2D eigenvalue weighted by Gasteiger charge is -1.99. The molecular formula is C7H6FO3S. The molecule has 3 nitrogen and oxygen atoms in total. The zero-order valence-corrected chi connectivity index (χ0v) is 6.84. The Balaban J connectivity index is 3.14. The third kappa shape index (κ3) is 1.80. The highest BCUT2D eigenvalue weighted by Crippen LogP contribution is 2.11. The van der Waals surface area contributed by atoms with Gasteiger partial charge in [-0.25, -0.2) is 4.39 Å². The molecule has 0 spiro atoms. The minimum Gasteiger partial charge on any atom is -0.264 e. The standard InChI is InChI=1S/C7H6FO3S/c1-11-12(9,10)7-4-2-6(8)3-5-7/h2-5H,1H2. The average molecular weight is 189 g/mol. The third-order valence-electron chi connectivity index (χ3n) is 1.26. The maximum absolute atomic E-state index is 12.3. The van der Waals surface area contributed by atoms with E-state index in [1.54, 1.807) is 0 Å². The molecule has 0 N–H and O–H groups in total. The number of hydrogen-bond acceptors (Lipinski definition) is 3. The van der Waals surface area contributed by atoms with Gasteiger partial charge in [0.25, 0.3) is 10.1 Å². The first-order chi connectivity index (χ1) is 5.56. The van der Waals surface area contributed by atoms with Crippen LogP contribution in [0.2, 0.25) is 0 Å². The fourth-order valence-electron chi connectivity index (χ4n) is 0.669. The van der Waals surface area contributed by atoms with Crippen molar-refractivity contribution in [1.29, 1.82) is 0 Å². The smallest absolute Gasteiger partial charge is 0.264 e. The Labute approximate surface area is 69.9 Å². The maximum Gasteiger partial charge on any atom is 0.297 e. The number of hydrogen-bond donors (Lipinski definition) is 0. The Morgan fingerprint density at radius 2 is 1.75 bits per heavy atom. The lowest BCUT2D eigenvalue weighted by molar-refractivity contribution is 0.438. The molecule has 0 aliphatic rings. The van der Waals surface area contributed by atoms with Crippen molar-refractivity contribution in [3.05, 3.63) is 37.2 Å². The molecule has 0 amide bonds. The first-order valence-corrected chi connectivity index (χ1v) is 4.41. The fraction of sp³-hybridized carbons (Fsp3) is 0. The molecule has 0 bridgehead atoms. The van der Waals surface area contributed by atoms with Gasteiger partial charge in [-0.3, -0.25) is 4.18 Å². The topological polar surface area (TPSA) is 43.4 Å². The van der Waals surface area contributed by atoms with E-state index in [9.17, 15) is 12.8 Å². The van der Waals surface area contributed by atoms with Crippen molar-refractivity contribution in [2.75, 3.05) is 0 Å². The van der Waals surface area contributed by atoms with E-state index in [1.165, 1.54) is 0 Å². The summed E-state index contributed by atoms with van der Waals surface area (Å²) in [6.07, 6.45) is 0. The van der Waals surface area contributed by atoms with Crippen molar-refractivity contribution in [1.82, 2.24) is 0 Å². The van der Waals surface area contributed by atoms with Gasteiger partial charge in [-0.1, -0.05) is 0 Å². The van der Waals surface area contributed by atoms with Crippen LogP contribution in [0.1, 0.15) is 0 Å². The summed E-state index contributed by atoms with van der Waals surface area (Å²) in [5.74, 6) is -0.502. The zero-order chi connectivity index (χ0) is 9.19. The number of halogens is 1. The summed E-state index contributed by atoms with van der Waals surface area (Å²) in [5.41, 5.74) is 0. The van der Waals surface area contributed by atoms with E-state index in [1.807, 2.05) is 0 Å². The first-order valence-electron chi connectivity index (χ1n) is 3.00. The van der Waals surface area contributed by atoms with Crippen molar-refractivity contribution < 1.29 is 17.0 Å². The van der Waals surface area contributed by atoms with Gasteiger partial charge in [0, 0.05) is 0 Å². The molecule has 12 heavy (non-hydrogen) atoms. The Hall–Kier alpha value is -0.940. The van der Waals surface area contributed by atoms with Gasteiger partial charge >= 0.3 is 0 Å². The second-order valence-corrected chi connectivity index (χ2v) is 3.64. The number of benzene rings is 1. The summed E-state index contributed by atoms with van der Waals surface area (Å²) in [4.78, 5) is -0.112. The van der Waals surface area contributed by atoms with Crippen LogP contribution < -0.4 is 0 Å². The minimum absolute atomic E-state index is 0.112. The van der Waals surface area contributed by atoms with Crippen LogP contribution in [-0.2, 0) is 14.3 Å². The van der Waals surface area contributed by atoms with Crippen molar-refractivity contribution in [2.45, 2.75) is 4.90 Å². The summed E-state index contributed by atoms with van der Waals surface area (Å²) in [6, 6.07) is 4.28. The van der Waals surface area contributed by atoms with E-state index >= 15 is 0 Å². The summed E-state index contributed by atoms with van der Waals surface area (Å²) >= 11 is 0. The van der Waals surface area contributed by atoms with Gasteiger partial charge in [0.2, 0.25) is 0 Å². The molecule has 0 aliphatic carbocycles. The van der Waals surface area contributed by atoms with Crippen LogP contribution in [0.25, 0.3) is 0 Å². The maximum atomic E-state index is 12.3. The van der Waals surface area contributed by atoms with Crippen LogP contribution in [-0.4, -0.2) is 8.42 Å². The van der Waals surface area contributed by atoms with E-state index in [-0.39, 0.29) is 4.90 Å². The van der Waals surface area contributed by atoms with E-state index in [0.29, 0.717) is 0 Å². The molecule has 0 aliphatic heterocycles. The van der Waals surface area contributed by atoms with Gasteiger partial charge in [-0.15, -0.1) is 0 Å². The molecule has 0 saturated carbocycles. The molecule has 5 heteroatoms. The van der Waals surface area contributed by atoms with E-state index in [2.05, 4.69) is 11.3 Å². The average Bonchev–Trinajstić information content (AvgIpc) is 2.05. The largest absolute Gasteiger partial charge is 0.297 e. The predicted molar refractivity (Wildman–Crippen MR) is 40.0 cm³/mol. The van der Waals surface area contributed by atoms with Crippen LogP contribution in [0.15, 0.2) is 29.2 Å². The molecule has 1 radical (unpaired) electrons. The normalized spacial score (nSPS) is 11.5. The lowest BCUT2D eigenvalue weighted by Crippen LogP contribution is -2.00. The molecule has 0 unspecified atom stereocenters. The monoisotopic (exact) mass is 189 g/mol. The van der Waals surface area contributed by atoms with Crippen LogP contribution in [0.4, 0.5) is 4.39 Å². The summed E-state index contributed by atoms with van der Waals surface area (Å²) in [7, 11) is -1.02. The van der Waals surface area contributed by atoms with Gasteiger partial charge in [0.05, 0.1) is 12.0 Å². The Bertz CT molecular complexity index is 355. The minimum atomic E-state index is -3.79. The van der Waals surface area contributed by atoms with Crippen molar-refractivity contribution >= 4 is 10.1 Å². The molecule has 1 rings (SSSR count). The van der Waals surface area contributed by atoms with Crippen LogP contribution in [0.3, 0.4) is 0 Å². The molecule has 1 aromatic carbocycles. The van der Waals surface area contributed by atoms with E-state index in [4.69, 9.17) is 0 Å². The van der Waals surface area contributed by atoms with Gasteiger partial charge in [0.1, 0.15) is 5.82 Å². The van der Waals surface area contributed by atoms with Gasteiger partial charge in [-0.2, -0.15) is 8.42 Å². The second-order valence-electron chi connectivity index (χ2n) is 2.03. The van der Waals surface area contributed by atoms with Crippen LogP contribution in [0, 0.1) is 12.9 Å². The summed E-state index contributed by atoms with van der Waals surface area (Å²) in [5, 5.41) is 0. The number of rotatable bonds is 2. The Kier molecular flexibility index (Phi) is 2.44. The highest BCUT2D eigenvalue weighted by Gasteiger charge is 2.11. The van der Waals surface area contributed by atoms with Crippen molar-refractivity contribution in [3.8, 4) is 0 Å². The highest BCUT2D eigenvalue weighted by molar-refractivity contribution is 7.86. The van der Waals surface area contributed by atoms with Crippen LogP contribution >= 0.6 is 0 Å². The van der Waals surface area contributed by atoms with Crippen molar-refractivity contribution in [3.63, 3.8) is 0 Å². The molecule has 0 aromatic heterocycles. The third-order valence-corrected chi connectivity index (χ3v) is 2.42. The highest BCUT2D eigenvalue weighted by atomic mass is 32.2. The second kappa shape index (κ2) is 3.20. The zero-order valence-electron chi connectivity index (χ0n) is 6.03. The lowest BCUT2D eigenvalue weighted by atomic mass is 10.4. The quantitative estimate of drug-likeness (QED) is 0.659. The molecular weight excluding hydrogens is 183 g/mol. The van der Waals surface area contributed by atoms with Crippen molar-refractivity contribution in [2.24, 2.45) is 0 Å². The predicted octanol–water partition coefficient (Wildman–Crippen LogP) is 1.32. The van der Waals surface area contributed by atoms with Gasteiger partial charge in [0.15, 0.2) is 0 Å². The van der Waals surface area contributed by atoms with Gasteiger partial charge < -0.3 is 0 Å². The molecule has 65 valence electrons. The molecule has 0 saturated heterocycles. The first kappa shape index (κ1) is 9.15. The molecule has 0 atom stereocenters. The van der Waals surface area contributed by atoms with Gasteiger partial charge in [-0.05, 0) is 24.3 Å². The molecule has 0 heterocycles. The summed E-state index contributed by atoms with van der Waals surface area (Å²) in [6.45, 7) is 0. The van der Waals surface area contributed by atoms with E-state index < -0.39 is 15.9 Å².